The molecule has 3 heteroatoms. The lowest BCUT2D eigenvalue weighted by Gasteiger charge is -2.12. The van der Waals surface area contributed by atoms with Gasteiger partial charge in [0.25, 0.3) is 0 Å². The zero-order valence-corrected chi connectivity index (χ0v) is 9.32. The van der Waals surface area contributed by atoms with Crippen molar-refractivity contribution in [3.05, 3.63) is 36.4 Å². The van der Waals surface area contributed by atoms with Crippen LogP contribution in [0.15, 0.2) is 36.4 Å². The van der Waals surface area contributed by atoms with Gasteiger partial charge in [0.1, 0.15) is 0 Å². The molecule has 80 valence electrons. The number of hydrogen-bond donors (Lipinski definition) is 1. The molecule has 3 nitrogen and oxygen atoms in total. The summed E-state index contributed by atoms with van der Waals surface area (Å²) in [5, 5.41) is 2.76. The van der Waals surface area contributed by atoms with Crippen molar-refractivity contribution in [2.75, 3.05) is 24.3 Å². The molecule has 0 spiro atoms. The SMILES string of the molecule is CC=CC(=O)Nc1ccc(N(C)C)cc1. The molecule has 0 saturated carbocycles. The predicted molar refractivity (Wildman–Crippen MR) is 64.2 cm³/mol. The Morgan fingerprint density at radius 1 is 1.27 bits per heavy atom. The maximum absolute atomic E-state index is 11.2. The summed E-state index contributed by atoms with van der Waals surface area (Å²) in [6, 6.07) is 7.70. The zero-order chi connectivity index (χ0) is 11.3. The summed E-state index contributed by atoms with van der Waals surface area (Å²) in [4.78, 5) is 13.2. The number of nitrogens with zero attached hydrogens (tertiary/aromatic N) is 1. The molecule has 1 N–H and O–H groups in total. The van der Waals surface area contributed by atoms with Gasteiger partial charge in [-0.25, -0.2) is 0 Å². The quantitative estimate of drug-likeness (QED) is 0.766. The van der Waals surface area contributed by atoms with Crippen molar-refractivity contribution in [3.63, 3.8) is 0 Å². The molecular weight excluding hydrogens is 188 g/mol. The number of hydrogen-bond acceptors (Lipinski definition) is 2. The van der Waals surface area contributed by atoms with E-state index in [0.29, 0.717) is 0 Å². The number of benzene rings is 1. The molecule has 0 aliphatic heterocycles. The minimum Gasteiger partial charge on any atom is -0.378 e. The van der Waals surface area contributed by atoms with Crippen molar-refractivity contribution in [2.24, 2.45) is 0 Å². The van der Waals surface area contributed by atoms with Gasteiger partial charge in [0.05, 0.1) is 0 Å². The molecular formula is C12H16N2O. The van der Waals surface area contributed by atoms with Crippen LogP contribution < -0.4 is 10.2 Å². The zero-order valence-electron chi connectivity index (χ0n) is 9.32. The van der Waals surface area contributed by atoms with Gasteiger partial charge >= 0.3 is 0 Å². The Morgan fingerprint density at radius 2 is 1.87 bits per heavy atom. The fourth-order valence-corrected chi connectivity index (χ4v) is 1.18. The van der Waals surface area contributed by atoms with Gasteiger partial charge in [-0.1, -0.05) is 6.08 Å². The molecule has 0 heterocycles. The number of allylic oxidation sites excluding steroid dienone is 1. The van der Waals surface area contributed by atoms with E-state index in [2.05, 4.69) is 5.32 Å². The van der Waals surface area contributed by atoms with Crippen LogP contribution in [0.4, 0.5) is 11.4 Å². The summed E-state index contributed by atoms with van der Waals surface area (Å²) in [5.41, 5.74) is 1.92. The van der Waals surface area contributed by atoms with Crippen molar-refractivity contribution in [3.8, 4) is 0 Å². The van der Waals surface area contributed by atoms with E-state index >= 15 is 0 Å². The smallest absolute Gasteiger partial charge is 0.248 e. The summed E-state index contributed by atoms with van der Waals surface area (Å²) >= 11 is 0. The minimum atomic E-state index is -0.102. The lowest BCUT2D eigenvalue weighted by molar-refractivity contribution is -0.111. The van der Waals surface area contributed by atoms with Crippen LogP contribution in [0.1, 0.15) is 6.92 Å². The summed E-state index contributed by atoms with van der Waals surface area (Å²) in [6.45, 7) is 1.81. The lowest BCUT2D eigenvalue weighted by atomic mass is 10.2. The number of rotatable bonds is 3. The molecule has 0 atom stereocenters. The first-order valence-electron chi connectivity index (χ1n) is 4.84. The van der Waals surface area contributed by atoms with Crippen molar-refractivity contribution in [1.29, 1.82) is 0 Å². The largest absolute Gasteiger partial charge is 0.378 e. The van der Waals surface area contributed by atoms with E-state index in [1.165, 1.54) is 6.08 Å². The van der Waals surface area contributed by atoms with Crippen LogP contribution in [-0.2, 0) is 4.79 Å². The van der Waals surface area contributed by atoms with Crippen LogP contribution in [0.2, 0.25) is 0 Å². The standard InChI is InChI=1S/C12H16N2O/c1-4-5-12(15)13-10-6-8-11(9-7-10)14(2)3/h4-9H,1-3H3,(H,13,15). The van der Waals surface area contributed by atoms with Crippen LogP contribution >= 0.6 is 0 Å². The average Bonchev–Trinajstić information content (AvgIpc) is 2.18. The average molecular weight is 204 g/mol. The Hall–Kier alpha value is -1.77. The van der Waals surface area contributed by atoms with Gasteiger partial charge in [0, 0.05) is 25.5 Å². The molecule has 0 bridgehead atoms. The summed E-state index contributed by atoms with van der Waals surface area (Å²) in [6.07, 6.45) is 3.21. The van der Waals surface area contributed by atoms with E-state index in [-0.39, 0.29) is 5.91 Å². The Morgan fingerprint density at radius 3 is 2.33 bits per heavy atom. The molecule has 1 amide bonds. The lowest BCUT2D eigenvalue weighted by Crippen LogP contribution is -2.10. The van der Waals surface area contributed by atoms with E-state index in [1.807, 2.05) is 50.2 Å². The molecule has 0 aromatic heterocycles. The van der Waals surface area contributed by atoms with E-state index in [9.17, 15) is 4.79 Å². The Bertz CT molecular complexity index is 352. The van der Waals surface area contributed by atoms with E-state index in [0.717, 1.165) is 11.4 Å². The highest BCUT2D eigenvalue weighted by Crippen LogP contribution is 2.15. The molecule has 1 aromatic carbocycles. The maximum Gasteiger partial charge on any atom is 0.248 e. The molecule has 1 aromatic rings. The van der Waals surface area contributed by atoms with Crippen LogP contribution in [0, 0.1) is 0 Å². The molecule has 0 unspecified atom stereocenters. The number of carbonyl (C=O) groups is 1. The third-order valence-corrected chi connectivity index (χ3v) is 1.97. The van der Waals surface area contributed by atoms with Gasteiger partial charge in [0.2, 0.25) is 5.91 Å². The highest BCUT2D eigenvalue weighted by atomic mass is 16.1. The molecule has 15 heavy (non-hydrogen) atoms. The first kappa shape index (κ1) is 11.3. The number of carbonyl (C=O) groups excluding carboxylic acids is 1. The van der Waals surface area contributed by atoms with E-state index in [1.54, 1.807) is 6.08 Å². The summed E-state index contributed by atoms with van der Waals surface area (Å²) in [5.74, 6) is -0.102. The second-order valence-electron chi connectivity index (χ2n) is 3.43. The Balaban J connectivity index is 2.68. The summed E-state index contributed by atoms with van der Waals surface area (Å²) in [7, 11) is 3.96. The fraction of sp³-hybridized carbons (Fsp3) is 0.250. The second kappa shape index (κ2) is 5.20. The maximum atomic E-state index is 11.2. The normalized spacial score (nSPS) is 10.3. The minimum absolute atomic E-state index is 0.102. The molecule has 0 aliphatic rings. The van der Waals surface area contributed by atoms with Gasteiger partial charge in [-0.2, -0.15) is 0 Å². The number of nitrogens with one attached hydrogen (secondary N) is 1. The highest BCUT2D eigenvalue weighted by Gasteiger charge is 1.98. The topological polar surface area (TPSA) is 32.3 Å². The molecule has 0 fully saturated rings. The van der Waals surface area contributed by atoms with Crippen LogP contribution in [0.5, 0.6) is 0 Å². The number of amides is 1. The molecule has 1 rings (SSSR count). The van der Waals surface area contributed by atoms with Gasteiger partial charge in [-0.3, -0.25) is 4.79 Å². The molecule has 0 saturated heterocycles. The van der Waals surface area contributed by atoms with E-state index < -0.39 is 0 Å². The van der Waals surface area contributed by atoms with Crippen molar-refractivity contribution in [1.82, 2.24) is 0 Å². The third kappa shape index (κ3) is 3.46. The summed E-state index contributed by atoms with van der Waals surface area (Å²) < 4.78 is 0. The second-order valence-corrected chi connectivity index (χ2v) is 3.43. The van der Waals surface area contributed by atoms with Gasteiger partial charge in [-0.15, -0.1) is 0 Å². The highest BCUT2D eigenvalue weighted by molar-refractivity contribution is 5.99. The van der Waals surface area contributed by atoms with Crippen molar-refractivity contribution >= 4 is 17.3 Å². The van der Waals surface area contributed by atoms with Crippen LogP contribution in [-0.4, -0.2) is 20.0 Å². The Labute approximate surface area is 90.4 Å². The van der Waals surface area contributed by atoms with Crippen LogP contribution in [0.3, 0.4) is 0 Å². The fourth-order valence-electron chi connectivity index (χ4n) is 1.18. The van der Waals surface area contributed by atoms with Gasteiger partial charge in [0.15, 0.2) is 0 Å². The van der Waals surface area contributed by atoms with Crippen LogP contribution in [0.25, 0.3) is 0 Å². The van der Waals surface area contributed by atoms with E-state index in [4.69, 9.17) is 0 Å². The van der Waals surface area contributed by atoms with Crippen molar-refractivity contribution in [2.45, 2.75) is 6.92 Å². The predicted octanol–water partition coefficient (Wildman–Crippen LogP) is 2.27. The first-order chi connectivity index (χ1) is 7.13. The van der Waals surface area contributed by atoms with Gasteiger partial charge < -0.3 is 10.2 Å². The molecule has 0 aliphatic carbocycles. The first-order valence-corrected chi connectivity index (χ1v) is 4.84. The van der Waals surface area contributed by atoms with Crippen molar-refractivity contribution < 1.29 is 4.79 Å². The van der Waals surface area contributed by atoms with Gasteiger partial charge in [-0.05, 0) is 37.3 Å². The Kier molecular flexibility index (Phi) is 3.92. The third-order valence-electron chi connectivity index (χ3n) is 1.97. The number of anilines is 2. The monoisotopic (exact) mass is 204 g/mol. The molecule has 0 radical (unpaired) electrons.